The summed E-state index contributed by atoms with van der Waals surface area (Å²) in [6.07, 6.45) is -4.81. The first-order valence-corrected chi connectivity index (χ1v) is 20.8. The molecule has 0 bridgehead atoms. The lowest BCUT2D eigenvalue weighted by Gasteiger charge is -2.16. The molecule has 0 saturated heterocycles. The van der Waals surface area contributed by atoms with Gasteiger partial charge in [0.05, 0.1) is 36.5 Å². The number of carbonyl (C=O) groups excluding carboxylic acids is 1. The van der Waals surface area contributed by atoms with Crippen LogP contribution >= 0.6 is 55.1 Å². The second kappa shape index (κ2) is 20.7. The molecule has 1 amide bonds. The fourth-order valence-corrected chi connectivity index (χ4v) is 7.78. The summed E-state index contributed by atoms with van der Waals surface area (Å²) in [4.78, 5) is 33.4. The number of amides is 1. The Morgan fingerprint density at radius 1 is 0.639 bits per heavy atom. The van der Waals surface area contributed by atoms with E-state index >= 15 is 0 Å². The smallest absolute Gasteiger partial charge is 0.416 e. The Bertz CT molecular complexity index is 2210. The maximum absolute atomic E-state index is 13.3. The molecule has 0 heterocycles. The predicted octanol–water partition coefficient (Wildman–Crippen LogP) is 11.5. The first-order chi connectivity index (χ1) is 28.6. The monoisotopic (exact) mass is 1030 g/mol. The summed E-state index contributed by atoms with van der Waals surface area (Å²) >= 11 is 18.9. The molecule has 328 valence electrons. The topological polar surface area (TPSA) is 146 Å². The fourth-order valence-electron chi connectivity index (χ4n) is 5.68. The van der Waals surface area contributed by atoms with Gasteiger partial charge in [0.15, 0.2) is 5.75 Å². The number of halogens is 10. The fraction of sp³-hybridized carbons (Fsp3) is 0.341. The van der Waals surface area contributed by atoms with E-state index in [1.165, 1.54) is 12.1 Å². The maximum Gasteiger partial charge on any atom is 0.416 e. The molecule has 5 N–H and O–H groups in total. The molecule has 2 fully saturated rings. The normalized spacial score (nSPS) is 13.7. The number of alkyl halides is 6. The van der Waals surface area contributed by atoms with Crippen LogP contribution < -0.4 is 25.4 Å². The molecule has 0 aliphatic heterocycles. The number of ether oxygens (including phenoxy) is 2. The average molecular weight is 1030 g/mol. The largest absolute Gasteiger partial charge is 0.487 e. The average Bonchev–Trinajstić information content (AvgIpc) is 4.10. The third-order valence-corrected chi connectivity index (χ3v) is 10.8. The summed E-state index contributed by atoms with van der Waals surface area (Å²) in [7, 11) is 0. The number of carbonyl (C=O) groups is 3. The minimum absolute atomic E-state index is 0.00646. The Morgan fingerprint density at radius 2 is 1.08 bits per heavy atom. The first-order valence-electron chi connectivity index (χ1n) is 18.5. The lowest BCUT2D eigenvalue weighted by atomic mass is 10.1. The van der Waals surface area contributed by atoms with E-state index in [0.29, 0.717) is 62.1 Å². The van der Waals surface area contributed by atoms with Gasteiger partial charge in [0.25, 0.3) is 5.91 Å². The van der Waals surface area contributed by atoms with Crippen LogP contribution in [0.1, 0.15) is 63.9 Å². The van der Waals surface area contributed by atoms with Crippen molar-refractivity contribution in [2.24, 2.45) is 11.8 Å². The molecular formula is C41H37Br2Cl2F6N3O7. The lowest BCUT2D eigenvalue weighted by molar-refractivity contribution is -0.138. The van der Waals surface area contributed by atoms with Gasteiger partial charge < -0.3 is 35.6 Å². The molecule has 2 aliphatic rings. The molecule has 0 atom stereocenters. The van der Waals surface area contributed by atoms with Gasteiger partial charge in [0.1, 0.15) is 25.5 Å². The van der Waals surface area contributed by atoms with Crippen LogP contribution in [0.4, 0.5) is 37.7 Å². The highest BCUT2D eigenvalue weighted by Crippen LogP contribution is 2.39. The van der Waals surface area contributed by atoms with Crippen LogP contribution in [-0.4, -0.2) is 47.7 Å². The number of hydrogen-bond donors (Lipinski definition) is 5. The van der Waals surface area contributed by atoms with E-state index in [0.717, 1.165) is 49.9 Å². The van der Waals surface area contributed by atoms with Crippen LogP contribution in [0, 0.1) is 11.8 Å². The molecule has 61 heavy (non-hydrogen) atoms. The van der Waals surface area contributed by atoms with Crippen LogP contribution in [-0.2, 0) is 41.6 Å². The van der Waals surface area contributed by atoms with Crippen molar-refractivity contribution in [3.8, 4) is 11.5 Å². The van der Waals surface area contributed by atoms with Crippen molar-refractivity contribution in [2.75, 3.05) is 30.3 Å². The minimum Gasteiger partial charge on any atom is -0.487 e. The molecule has 2 aliphatic carbocycles. The molecule has 4 aromatic carbocycles. The first kappa shape index (κ1) is 47.7. The molecule has 4 aromatic rings. The highest BCUT2D eigenvalue weighted by molar-refractivity contribution is 9.11. The Hall–Kier alpha value is -4.39. The zero-order chi connectivity index (χ0) is 44.6. The van der Waals surface area contributed by atoms with Gasteiger partial charge in [-0.05, 0) is 147 Å². The van der Waals surface area contributed by atoms with E-state index in [-0.39, 0.29) is 46.6 Å². The van der Waals surface area contributed by atoms with Gasteiger partial charge in [-0.2, -0.15) is 26.3 Å². The zero-order valence-corrected chi connectivity index (χ0v) is 36.4. The van der Waals surface area contributed by atoms with Crippen molar-refractivity contribution >= 4 is 84.3 Å². The number of benzene rings is 4. The van der Waals surface area contributed by atoms with Crippen molar-refractivity contribution in [1.29, 1.82) is 0 Å². The van der Waals surface area contributed by atoms with E-state index < -0.39 is 47.9 Å². The Balaban J connectivity index is 0.000000232. The molecule has 6 rings (SSSR count). The summed E-state index contributed by atoms with van der Waals surface area (Å²) in [5.74, 6) is -1.49. The molecule has 0 aromatic heterocycles. The van der Waals surface area contributed by atoms with Crippen LogP contribution in [0.2, 0.25) is 10.0 Å². The standard InChI is InChI=1S/C21H19Cl2F3N2O4.C20H18Br2F3NO3/c22-16-5-13(20(31)28-9-18(29)30)6-17(23)19(16)32-10-12-3-14(21(24,25)26)7-15(4-12)27-8-11-1-2-11;21-16-5-12(7-18(27)28)6-17(22)19(16)29-10-13-3-14(20(23,24)25)8-15(4-13)26-9-11-1-2-11/h3-7,11,27H,1-2,8-10H2,(H,28,31)(H,29,30);3-6,8,11,26H,1-2,7,9-10H2,(H,27,28). The summed E-state index contributed by atoms with van der Waals surface area (Å²) in [5, 5.41) is 25.7. The molecular weight excluding hydrogens is 991 g/mol. The van der Waals surface area contributed by atoms with Gasteiger partial charge in [0, 0.05) is 30.0 Å². The van der Waals surface area contributed by atoms with E-state index in [1.54, 1.807) is 24.3 Å². The van der Waals surface area contributed by atoms with Gasteiger partial charge in [-0.1, -0.05) is 23.2 Å². The third-order valence-electron chi connectivity index (χ3n) is 9.06. The van der Waals surface area contributed by atoms with Crippen molar-refractivity contribution in [2.45, 2.75) is 57.7 Å². The second-order valence-electron chi connectivity index (χ2n) is 14.4. The van der Waals surface area contributed by atoms with Crippen molar-refractivity contribution in [3.63, 3.8) is 0 Å². The molecule has 0 unspecified atom stereocenters. The number of hydrogen-bond acceptors (Lipinski definition) is 7. The van der Waals surface area contributed by atoms with Gasteiger partial charge in [-0.3, -0.25) is 14.4 Å². The second-order valence-corrected chi connectivity index (χ2v) is 16.9. The van der Waals surface area contributed by atoms with Crippen LogP contribution in [0.5, 0.6) is 11.5 Å². The summed E-state index contributed by atoms with van der Waals surface area (Å²) in [6.45, 7) is 0.358. The third kappa shape index (κ3) is 15.2. The maximum atomic E-state index is 13.3. The van der Waals surface area contributed by atoms with Crippen molar-refractivity contribution in [1.82, 2.24) is 5.32 Å². The molecule has 10 nitrogen and oxygen atoms in total. The minimum atomic E-state index is -4.52. The Morgan fingerprint density at radius 3 is 1.48 bits per heavy atom. The van der Waals surface area contributed by atoms with Crippen molar-refractivity contribution < 1.29 is 60.4 Å². The van der Waals surface area contributed by atoms with E-state index in [2.05, 4.69) is 47.8 Å². The number of rotatable bonds is 17. The zero-order valence-electron chi connectivity index (χ0n) is 31.7. The van der Waals surface area contributed by atoms with Gasteiger partial charge >= 0.3 is 24.3 Å². The molecule has 2 saturated carbocycles. The van der Waals surface area contributed by atoms with Crippen LogP contribution in [0.15, 0.2) is 69.6 Å². The highest BCUT2D eigenvalue weighted by atomic mass is 79.9. The van der Waals surface area contributed by atoms with Gasteiger partial charge in [-0.15, -0.1) is 0 Å². The quantitative estimate of drug-likeness (QED) is 0.0653. The number of aliphatic carboxylic acids is 2. The predicted molar refractivity (Wildman–Crippen MR) is 224 cm³/mol. The van der Waals surface area contributed by atoms with Crippen LogP contribution in [0.25, 0.3) is 0 Å². The SMILES string of the molecule is O=C(O)CNC(=O)c1cc(Cl)c(OCc2cc(NCC3CC3)cc(C(F)(F)F)c2)c(Cl)c1.O=C(O)Cc1cc(Br)c(OCc2cc(NCC3CC3)cc(C(F)(F)F)c2)c(Br)c1. The van der Waals surface area contributed by atoms with E-state index in [4.69, 9.17) is 42.9 Å². The van der Waals surface area contributed by atoms with Crippen molar-refractivity contribution in [3.05, 3.63) is 113 Å². The number of carboxylic acids is 2. The Kier molecular flexibility index (Phi) is 16.1. The highest BCUT2D eigenvalue weighted by Gasteiger charge is 2.33. The number of carboxylic acid groups (broad SMARTS) is 2. The summed E-state index contributed by atoms with van der Waals surface area (Å²) in [6, 6.07) is 13.1. The summed E-state index contributed by atoms with van der Waals surface area (Å²) in [5.41, 5.74) is 0.438. The Labute approximate surface area is 372 Å². The van der Waals surface area contributed by atoms with E-state index in [1.807, 2.05) is 0 Å². The van der Waals surface area contributed by atoms with Gasteiger partial charge in [0.2, 0.25) is 0 Å². The summed E-state index contributed by atoms with van der Waals surface area (Å²) < 4.78 is 92.0. The van der Waals surface area contributed by atoms with Gasteiger partial charge in [-0.25, -0.2) is 0 Å². The lowest BCUT2D eigenvalue weighted by Crippen LogP contribution is -2.29. The molecule has 0 radical (unpaired) electrons. The molecule has 20 heteroatoms. The number of anilines is 2. The number of nitrogens with one attached hydrogen (secondary N) is 3. The van der Waals surface area contributed by atoms with Crippen LogP contribution in [0.3, 0.4) is 0 Å². The van der Waals surface area contributed by atoms with E-state index in [9.17, 15) is 40.7 Å². The molecule has 0 spiro atoms.